The molecule has 0 bridgehead atoms. The Morgan fingerprint density at radius 3 is 2.83 bits per heavy atom. The molecule has 1 unspecified atom stereocenters. The van der Waals surface area contributed by atoms with Crippen molar-refractivity contribution in [1.29, 1.82) is 0 Å². The number of ether oxygens (including phenoxy) is 1. The Hall–Kier alpha value is -2.21. The van der Waals surface area contributed by atoms with Crippen LogP contribution in [0.15, 0.2) is 36.7 Å². The van der Waals surface area contributed by atoms with Gasteiger partial charge in [-0.3, -0.25) is 4.79 Å². The fourth-order valence-corrected chi connectivity index (χ4v) is 2.82. The predicted octanol–water partition coefficient (Wildman–Crippen LogP) is 2.95. The molecular weight excluding hydrogens is 321 g/mol. The van der Waals surface area contributed by atoms with Gasteiger partial charge in [-0.25, -0.2) is 14.4 Å². The van der Waals surface area contributed by atoms with Crippen LogP contribution in [0.2, 0.25) is 5.02 Å². The first-order chi connectivity index (χ1) is 11.1. The van der Waals surface area contributed by atoms with Crippen molar-refractivity contribution in [3.05, 3.63) is 53.1 Å². The number of halogens is 2. The molecule has 3 rings (SSSR count). The van der Waals surface area contributed by atoms with E-state index >= 15 is 0 Å². The average molecular weight is 336 g/mol. The number of amides is 1. The maximum Gasteiger partial charge on any atom is 0.316 e. The van der Waals surface area contributed by atoms with Gasteiger partial charge in [-0.15, -0.1) is 0 Å². The lowest BCUT2D eigenvalue weighted by Gasteiger charge is -2.32. The summed E-state index contributed by atoms with van der Waals surface area (Å²) in [4.78, 5) is 22.1. The van der Waals surface area contributed by atoms with Gasteiger partial charge in [0.15, 0.2) is 0 Å². The third kappa shape index (κ3) is 3.59. The van der Waals surface area contributed by atoms with E-state index in [0.717, 1.165) is 12.8 Å². The summed E-state index contributed by atoms with van der Waals surface area (Å²) in [5, 5.41) is 0.115. The molecule has 0 aliphatic carbocycles. The van der Waals surface area contributed by atoms with Gasteiger partial charge >= 0.3 is 6.01 Å². The van der Waals surface area contributed by atoms with Crippen LogP contribution >= 0.6 is 11.6 Å². The first-order valence-electron chi connectivity index (χ1n) is 7.32. The van der Waals surface area contributed by atoms with Crippen LogP contribution in [0.3, 0.4) is 0 Å². The molecule has 0 N–H and O–H groups in total. The number of rotatable bonds is 3. The minimum atomic E-state index is -0.614. The number of carbonyl (C=O) groups is 1. The van der Waals surface area contributed by atoms with Crippen molar-refractivity contribution >= 4 is 17.5 Å². The van der Waals surface area contributed by atoms with Gasteiger partial charge < -0.3 is 9.64 Å². The molecule has 2 heterocycles. The summed E-state index contributed by atoms with van der Waals surface area (Å²) in [5.74, 6) is -1.03. The molecule has 7 heteroatoms. The van der Waals surface area contributed by atoms with E-state index in [-0.39, 0.29) is 22.7 Å². The summed E-state index contributed by atoms with van der Waals surface area (Å²) in [5.41, 5.74) is -0.0919. The topological polar surface area (TPSA) is 55.3 Å². The van der Waals surface area contributed by atoms with Crippen LogP contribution in [0, 0.1) is 5.82 Å². The van der Waals surface area contributed by atoms with Crippen molar-refractivity contribution in [3.8, 4) is 6.01 Å². The second kappa shape index (κ2) is 6.91. The minimum Gasteiger partial charge on any atom is -0.458 e. The molecule has 1 aliphatic heterocycles. The lowest BCUT2D eigenvalue weighted by Crippen LogP contribution is -2.44. The normalized spacial score (nSPS) is 17.8. The van der Waals surface area contributed by atoms with Crippen molar-refractivity contribution in [2.24, 2.45) is 0 Å². The minimum absolute atomic E-state index is 0.0919. The number of carbonyl (C=O) groups excluding carboxylic acids is 1. The number of likely N-dealkylation sites (tertiary alicyclic amines) is 1. The number of hydrogen-bond acceptors (Lipinski definition) is 4. The summed E-state index contributed by atoms with van der Waals surface area (Å²) in [7, 11) is 0. The van der Waals surface area contributed by atoms with Crippen LogP contribution in [0.5, 0.6) is 6.01 Å². The zero-order chi connectivity index (χ0) is 16.2. The smallest absolute Gasteiger partial charge is 0.316 e. The third-order valence-corrected chi connectivity index (χ3v) is 3.97. The van der Waals surface area contributed by atoms with Crippen molar-refractivity contribution in [3.63, 3.8) is 0 Å². The molecule has 0 spiro atoms. The van der Waals surface area contributed by atoms with Gasteiger partial charge in [0, 0.05) is 18.9 Å². The van der Waals surface area contributed by atoms with Gasteiger partial charge in [-0.2, -0.15) is 0 Å². The molecule has 1 fully saturated rings. The Bertz CT molecular complexity index is 679. The van der Waals surface area contributed by atoms with Crippen molar-refractivity contribution in [1.82, 2.24) is 14.9 Å². The van der Waals surface area contributed by atoms with Crippen LogP contribution in [-0.2, 0) is 0 Å². The highest BCUT2D eigenvalue weighted by Gasteiger charge is 2.28. The van der Waals surface area contributed by atoms with Crippen LogP contribution in [0.25, 0.3) is 0 Å². The standard InChI is InChI=1S/C16H15ClFN3O2/c17-12-5-1-6-13(18)14(12)15(22)21-9-2-4-11(10-21)23-16-19-7-3-8-20-16/h1,3,5-8,11H,2,4,9-10H2. The molecule has 5 nitrogen and oxygen atoms in total. The second-order valence-electron chi connectivity index (χ2n) is 5.26. The van der Waals surface area contributed by atoms with Crippen LogP contribution < -0.4 is 4.74 Å². The van der Waals surface area contributed by atoms with E-state index in [2.05, 4.69) is 9.97 Å². The third-order valence-electron chi connectivity index (χ3n) is 3.66. The summed E-state index contributed by atoms with van der Waals surface area (Å²) in [6.45, 7) is 0.890. The largest absolute Gasteiger partial charge is 0.458 e. The highest BCUT2D eigenvalue weighted by atomic mass is 35.5. The molecule has 1 aromatic carbocycles. The van der Waals surface area contributed by atoms with Gasteiger partial charge in [-0.05, 0) is 31.0 Å². The van der Waals surface area contributed by atoms with E-state index in [9.17, 15) is 9.18 Å². The Balaban J connectivity index is 1.72. The Kier molecular flexibility index (Phi) is 4.71. The van der Waals surface area contributed by atoms with Gasteiger partial charge in [0.2, 0.25) is 0 Å². The molecule has 0 saturated carbocycles. The maximum atomic E-state index is 13.9. The molecule has 1 aromatic heterocycles. The second-order valence-corrected chi connectivity index (χ2v) is 5.67. The lowest BCUT2D eigenvalue weighted by molar-refractivity contribution is 0.0512. The summed E-state index contributed by atoms with van der Waals surface area (Å²) in [6, 6.07) is 6.19. The highest BCUT2D eigenvalue weighted by Crippen LogP contribution is 2.23. The zero-order valence-electron chi connectivity index (χ0n) is 12.3. The number of piperidine rings is 1. The van der Waals surface area contributed by atoms with Gasteiger partial charge in [0.1, 0.15) is 11.9 Å². The summed E-state index contributed by atoms with van der Waals surface area (Å²) < 4.78 is 19.6. The predicted molar refractivity (Wildman–Crippen MR) is 83.0 cm³/mol. The van der Waals surface area contributed by atoms with Crippen LogP contribution in [-0.4, -0.2) is 40.0 Å². The van der Waals surface area contributed by atoms with E-state index in [4.69, 9.17) is 16.3 Å². The first-order valence-corrected chi connectivity index (χ1v) is 7.70. The van der Waals surface area contributed by atoms with E-state index in [1.807, 2.05) is 0 Å². The lowest BCUT2D eigenvalue weighted by atomic mass is 10.1. The molecule has 0 radical (unpaired) electrons. The quantitative estimate of drug-likeness (QED) is 0.865. The summed E-state index contributed by atoms with van der Waals surface area (Å²) in [6.07, 6.45) is 4.50. The number of hydrogen-bond donors (Lipinski definition) is 0. The van der Waals surface area contributed by atoms with E-state index in [1.54, 1.807) is 23.4 Å². The number of aromatic nitrogens is 2. The number of benzene rings is 1. The molecule has 1 saturated heterocycles. The fourth-order valence-electron chi connectivity index (χ4n) is 2.57. The molecule has 1 aliphatic rings. The SMILES string of the molecule is O=C(c1c(F)cccc1Cl)N1CCCC(Oc2ncccn2)C1. The monoisotopic (exact) mass is 335 g/mol. The fraction of sp³-hybridized carbons (Fsp3) is 0.312. The average Bonchev–Trinajstić information content (AvgIpc) is 2.56. The molecule has 1 atom stereocenters. The van der Waals surface area contributed by atoms with Crippen LogP contribution in [0.1, 0.15) is 23.2 Å². The van der Waals surface area contributed by atoms with Gasteiger partial charge in [0.05, 0.1) is 17.1 Å². The molecule has 120 valence electrons. The van der Waals surface area contributed by atoms with E-state index in [1.165, 1.54) is 18.2 Å². The molecule has 23 heavy (non-hydrogen) atoms. The molecule has 2 aromatic rings. The van der Waals surface area contributed by atoms with Crippen molar-refractivity contribution in [2.45, 2.75) is 18.9 Å². The van der Waals surface area contributed by atoms with Crippen LogP contribution in [0.4, 0.5) is 4.39 Å². The summed E-state index contributed by atoms with van der Waals surface area (Å²) >= 11 is 5.97. The van der Waals surface area contributed by atoms with Crippen molar-refractivity contribution in [2.75, 3.05) is 13.1 Å². The van der Waals surface area contributed by atoms with E-state index < -0.39 is 11.7 Å². The first kappa shape index (κ1) is 15.7. The zero-order valence-corrected chi connectivity index (χ0v) is 13.0. The maximum absolute atomic E-state index is 13.9. The Morgan fingerprint density at radius 2 is 2.09 bits per heavy atom. The number of nitrogens with zero attached hydrogens (tertiary/aromatic N) is 3. The van der Waals surface area contributed by atoms with Gasteiger partial charge in [0.25, 0.3) is 5.91 Å². The Morgan fingerprint density at radius 1 is 1.30 bits per heavy atom. The Labute approximate surface area is 138 Å². The highest BCUT2D eigenvalue weighted by molar-refractivity contribution is 6.33. The van der Waals surface area contributed by atoms with Crippen molar-refractivity contribution < 1.29 is 13.9 Å². The van der Waals surface area contributed by atoms with Gasteiger partial charge in [-0.1, -0.05) is 17.7 Å². The molecule has 1 amide bonds. The molecular formula is C16H15ClFN3O2. The van der Waals surface area contributed by atoms with E-state index in [0.29, 0.717) is 13.1 Å².